The average molecular weight is 199 g/mol. The summed E-state index contributed by atoms with van der Waals surface area (Å²) < 4.78 is 0. The van der Waals surface area contributed by atoms with Crippen LogP contribution in [0.15, 0.2) is 18.2 Å². The first-order chi connectivity index (χ1) is 5.88. The van der Waals surface area contributed by atoms with Crippen molar-refractivity contribution in [3.8, 4) is 0 Å². The zero-order valence-corrected chi connectivity index (χ0v) is 9.02. The molecule has 0 saturated heterocycles. The monoisotopic (exact) mass is 198 g/mol. The first-order valence-electron chi connectivity index (χ1n) is 4.36. The summed E-state index contributed by atoms with van der Waals surface area (Å²) in [6, 6.07) is 5.84. The van der Waals surface area contributed by atoms with Gasteiger partial charge in [0.25, 0.3) is 0 Å². The summed E-state index contributed by atoms with van der Waals surface area (Å²) in [5, 5.41) is 10.4. The van der Waals surface area contributed by atoms with Crippen LogP contribution in [0.25, 0.3) is 0 Å². The van der Waals surface area contributed by atoms with Crippen molar-refractivity contribution in [2.45, 2.75) is 32.8 Å². The number of hydrogen-bond donors (Lipinski definition) is 1. The van der Waals surface area contributed by atoms with Crippen LogP contribution in [0.4, 0.5) is 0 Å². The van der Waals surface area contributed by atoms with Crippen LogP contribution in [0.5, 0.6) is 0 Å². The quantitative estimate of drug-likeness (QED) is 0.775. The van der Waals surface area contributed by atoms with Crippen molar-refractivity contribution >= 4 is 11.6 Å². The Morgan fingerprint density at radius 1 is 1.38 bits per heavy atom. The van der Waals surface area contributed by atoms with Crippen LogP contribution in [0.3, 0.4) is 0 Å². The van der Waals surface area contributed by atoms with Gasteiger partial charge in [0.05, 0.1) is 5.60 Å². The molecule has 0 aliphatic heterocycles. The van der Waals surface area contributed by atoms with Gasteiger partial charge in [-0.1, -0.05) is 23.7 Å². The van der Waals surface area contributed by atoms with E-state index < -0.39 is 5.60 Å². The van der Waals surface area contributed by atoms with Gasteiger partial charge in [0.1, 0.15) is 0 Å². The lowest BCUT2D eigenvalue weighted by atomic mass is 9.98. The number of benzene rings is 1. The van der Waals surface area contributed by atoms with Crippen LogP contribution in [0, 0.1) is 6.92 Å². The Kier molecular flexibility index (Phi) is 2.99. The van der Waals surface area contributed by atoms with Crippen LogP contribution in [-0.2, 0) is 6.42 Å². The molecule has 0 saturated carbocycles. The van der Waals surface area contributed by atoms with Crippen LogP contribution in [0.1, 0.15) is 25.0 Å². The maximum absolute atomic E-state index is 9.60. The summed E-state index contributed by atoms with van der Waals surface area (Å²) in [5.41, 5.74) is 1.53. The Bertz CT molecular complexity index is 299. The first kappa shape index (κ1) is 10.6. The van der Waals surface area contributed by atoms with Crippen LogP contribution >= 0.6 is 11.6 Å². The highest BCUT2D eigenvalue weighted by molar-refractivity contribution is 6.31. The topological polar surface area (TPSA) is 20.2 Å². The minimum Gasteiger partial charge on any atom is -0.390 e. The van der Waals surface area contributed by atoms with Crippen molar-refractivity contribution in [2.24, 2.45) is 0 Å². The van der Waals surface area contributed by atoms with Crippen molar-refractivity contribution in [3.63, 3.8) is 0 Å². The molecule has 2 heteroatoms. The van der Waals surface area contributed by atoms with Gasteiger partial charge in [-0.3, -0.25) is 0 Å². The zero-order chi connectivity index (χ0) is 10.1. The molecular formula is C11H15ClO. The minimum absolute atomic E-state index is 0.653. The maximum atomic E-state index is 9.60. The molecule has 1 N–H and O–H groups in total. The van der Waals surface area contributed by atoms with Gasteiger partial charge in [-0.15, -0.1) is 0 Å². The Labute approximate surface area is 84.4 Å². The third kappa shape index (κ3) is 3.37. The molecule has 0 radical (unpaired) electrons. The van der Waals surface area contributed by atoms with Crippen molar-refractivity contribution < 1.29 is 5.11 Å². The lowest BCUT2D eigenvalue weighted by Gasteiger charge is -2.17. The highest BCUT2D eigenvalue weighted by atomic mass is 35.5. The molecule has 0 aliphatic rings. The van der Waals surface area contributed by atoms with Crippen LogP contribution in [-0.4, -0.2) is 10.7 Å². The molecule has 1 rings (SSSR count). The molecule has 1 aromatic rings. The van der Waals surface area contributed by atoms with Crippen LogP contribution < -0.4 is 0 Å². The molecular weight excluding hydrogens is 184 g/mol. The number of hydrogen-bond acceptors (Lipinski definition) is 1. The SMILES string of the molecule is Cc1cc(CC(C)(C)O)ccc1Cl. The van der Waals surface area contributed by atoms with Gasteiger partial charge < -0.3 is 5.11 Å². The van der Waals surface area contributed by atoms with Gasteiger partial charge >= 0.3 is 0 Å². The summed E-state index contributed by atoms with van der Waals surface area (Å²) in [7, 11) is 0. The normalized spacial score (nSPS) is 11.8. The number of aliphatic hydroxyl groups is 1. The Hall–Kier alpha value is -0.530. The number of rotatable bonds is 2. The van der Waals surface area contributed by atoms with Crippen molar-refractivity contribution in [2.75, 3.05) is 0 Å². The predicted octanol–water partition coefficient (Wildman–Crippen LogP) is 2.96. The molecule has 0 amide bonds. The summed E-state index contributed by atoms with van der Waals surface area (Å²) in [6.45, 7) is 5.57. The number of aryl methyl sites for hydroxylation is 1. The molecule has 0 bridgehead atoms. The second-order valence-electron chi connectivity index (χ2n) is 4.07. The zero-order valence-electron chi connectivity index (χ0n) is 8.26. The lowest BCUT2D eigenvalue weighted by Crippen LogP contribution is -2.21. The Morgan fingerprint density at radius 2 is 2.00 bits per heavy atom. The Balaban J connectivity index is 2.86. The first-order valence-corrected chi connectivity index (χ1v) is 4.74. The largest absolute Gasteiger partial charge is 0.390 e. The second-order valence-corrected chi connectivity index (χ2v) is 4.48. The summed E-state index contributed by atoms with van der Waals surface area (Å²) in [5.74, 6) is 0. The molecule has 0 aromatic heterocycles. The van der Waals surface area contributed by atoms with Gasteiger partial charge in [0.15, 0.2) is 0 Å². The van der Waals surface area contributed by atoms with E-state index in [9.17, 15) is 5.11 Å². The van der Waals surface area contributed by atoms with E-state index in [1.165, 1.54) is 0 Å². The van der Waals surface area contributed by atoms with Gasteiger partial charge in [-0.25, -0.2) is 0 Å². The average Bonchev–Trinajstić information content (AvgIpc) is 1.94. The molecule has 0 aliphatic carbocycles. The molecule has 0 atom stereocenters. The smallest absolute Gasteiger partial charge is 0.0631 e. The fourth-order valence-corrected chi connectivity index (χ4v) is 1.43. The Morgan fingerprint density at radius 3 is 2.46 bits per heavy atom. The highest BCUT2D eigenvalue weighted by Gasteiger charge is 2.13. The van der Waals surface area contributed by atoms with E-state index in [2.05, 4.69) is 0 Å². The summed E-state index contributed by atoms with van der Waals surface area (Å²) in [4.78, 5) is 0. The minimum atomic E-state index is -0.653. The fraction of sp³-hybridized carbons (Fsp3) is 0.455. The molecule has 0 fully saturated rings. The standard InChI is InChI=1S/C11H15ClO/c1-8-6-9(4-5-10(8)12)7-11(2,3)13/h4-6,13H,7H2,1-3H3. The molecule has 1 aromatic carbocycles. The van der Waals surface area contributed by atoms with E-state index in [1.807, 2.05) is 25.1 Å². The number of halogens is 1. The van der Waals surface area contributed by atoms with Gasteiger partial charge in [0.2, 0.25) is 0 Å². The summed E-state index contributed by atoms with van der Waals surface area (Å²) >= 11 is 5.89. The van der Waals surface area contributed by atoms with Crippen molar-refractivity contribution in [1.82, 2.24) is 0 Å². The third-order valence-corrected chi connectivity index (χ3v) is 2.28. The van der Waals surface area contributed by atoms with Gasteiger partial charge in [-0.2, -0.15) is 0 Å². The van der Waals surface area contributed by atoms with E-state index >= 15 is 0 Å². The fourth-order valence-electron chi connectivity index (χ4n) is 1.32. The van der Waals surface area contributed by atoms with E-state index in [1.54, 1.807) is 13.8 Å². The van der Waals surface area contributed by atoms with Gasteiger partial charge in [0, 0.05) is 11.4 Å². The van der Waals surface area contributed by atoms with E-state index in [0.29, 0.717) is 6.42 Å². The van der Waals surface area contributed by atoms with Gasteiger partial charge in [-0.05, 0) is 38.0 Å². The molecule has 72 valence electrons. The van der Waals surface area contributed by atoms with E-state index in [4.69, 9.17) is 11.6 Å². The van der Waals surface area contributed by atoms with Crippen LogP contribution in [0.2, 0.25) is 5.02 Å². The predicted molar refractivity (Wildman–Crippen MR) is 56.2 cm³/mol. The maximum Gasteiger partial charge on any atom is 0.0631 e. The van der Waals surface area contributed by atoms with E-state index in [0.717, 1.165) is 16.1 Å². The molecule has 0 spiro atoms. The molecule has 0 heterocycles. The molecule has 0 unspecified atom stereocenters. The van der Waals surface area contributed by atoms with Crippen molar-refractivity contribution in [3.05, 3.63) is 34.3 Å². The molecule has 13 heavy (non-hydrogen) atoms. The lowest BCUT2D eigenvalue weighted by molar-refractivity contribution is 0.0810. The van der Waals surface area contributed by atoms with E-state index in [-0.39, 0.29) is 0 Å². The van der Waals surface area contributed by atoms with Crippen molar-refractivity contribution in [1.29, 1.82) is 0 Å². The highest BCUT2D eigenvalue weighted by Crippen LogP contribution is 2.19. The summed E-state index contributed by atoms with van der Waals surface area (Å²) in [6.07, 6.45) is 0.658. The second kappa shape index (κ2) is 3.69. The third-order valence-electron chi connectivity index (χ3n) is 1.86. The molecule has 1 nitrogen and oxygen atoms in total.